The Morgan fingerprint density at radius 2 is 1.86 bits per heavy atom. The zero-order valence-corrected chi connectivity index (χ0v) is 12.5. The Hall–Kier alpha value is -1.77. The van der Waals surface area contributed by atoms with Crippen molar-refractivity contribution in [2.24, 2.45) is 5.92 Å². The number of nitrogens with zero attached hydrogens (tertiary/aromatic N) is 2. The monoisotopic (exact) mass is 281 g/mol. The van der Waals surface area contributed by atoms with Gasteiger partial charge in [-0.1, -0.05) is 12.8 Å². The lowest BCUT2D eigenvalue weighted by Crippen LogP contribution is -2.47. The number of anilines is 2. The molecule has 0 bridgehead atoms. The third-order valence-corrected chi connectivity index (χ3v) is 5.38. The van der Waals surface area contributed by atoms with Gasteiger partial charge in [0.15, 0.2) is 0 Å². The summed E-state index contributed by atoms with van der Waals surface area (Å²) in [7, 11) is 0. The summed E-state index contributed by atoms with van der Waals surface area (Å²) >= 11 is 0. The second kappa shape index (κ2) is 5.21. The molecule has 0 radical (unpaired) electrons. The lowest BCUT2D eigenvalue weighted by atomic mass is 9.78. The lowest BCUT2D eigenvalue weighted by molar-refractivity contribution is 0.244. The molecule has 1 aromatic carbocycles. The molecule has 2 aromatic rings. The molecule has 0 amide bonds. The van der Waals surface area contributed by atoms with Crippen LogP contribution in [0, 0.1) is 5.92 Å². The Balaban J connectivity index is 1.80. The largest absolute Gasteiger partial charge is 0.398 e. The van der Waals surface area contributed by atoms with Crippen LogP contribution in [0.1, 0.15) is 38.5 Å². The fourth-order valence-electron chi connectivity index (χ4n) is 4.37. The van der Waals surface area contributed by atoms with Gasteiger partial charge < -0.3 is 10.6 Å². The quantitative estimate of drug-likeness (QED) is 0.804. The molecule has 2 fully saturated rings. The number of pyridine rings is 1. The average molecular weight is 281 g/mol. The summed E-state index contributed by atoms with van der Waals surface area (Å²) in [6.07, 6.45) is 12.1. The first-order chi connectivity index (χ1) is 10.3. The molecule has 1 aliphatic heterocycles. The SMILES string of the molecule is Nc1ccc(N2CCCC3CCCCC32)c2cnccc12. The van der Waals surface area contributed by atoms with E-state index in [1.165, 1.54) is 56.1 Å². The van der Waals surface area contributed by atoms with Gasteiger partial charge in [0.05, 0.1) is 0 Å². The Kier molecular flexibility index (Phi) is 3.21. The number of rotatable bonds is 1. The third kappa shape index (κ3) is 2.15. The highest BCUT2D eigenvalue weighted by Gasteiger charge is 2.33. The van der Waals surface area contributed by atoms with E-state index < -0.39 is 0 Å². The van der Waals surface area contributed by atoms with Crippen molar-refractivity contribution in [2.45, 2.75) is 44.6 Å². The molecule has 2 atom stereocenters. The molecule has 2 unspecified atom stereocenters. The van der Waals surface area contributed by atoms with E-state index in [-0.39, 0.29) is 0 Å². The Morgan fingerprint density at radius 3 is 2.81 bits per heavy atom. The first-order valence-electron chi connectivity index (χ1n) is 8.23. The van der Waals surface area contributed by atoms with Gasteiger partial charge in [0.25, 0.3) is 0 Å². The van der Waals surface area contributed by atoms with Crippen LogP contribution in [-0.4, -0.2) is 17.6 Å². The predicted molar refractivity (Wildman–Crippen MR) is 88.5 cm³/mol. The van der Waals surface area contributed by atoms with E-state index in [1.807, 2.05) is 18.5 Å². The molecule has 4 rings (SSSR count). The summed E-state index contributed by atoms with van der Waals surface area (Å²) in [6, 6.07) is 7.02. The van der Waals surface area contributed by atoms with E-state index in [2.05, 4.69) is 22.0 Å². The summed E-state index contributed by atoms with van der Waals surface area (Å²) in [4.78, 5) is 6.98. The average Bonchev–Trinajstić information content (AvgIpc) is 2.55. The highest BCUT2D eigenvalue weighted by atomic mass is 15.2. The highest BCUT2D eigenvalue weighted by molar-refractivity contribution is 6.00. The maximum atomic E-state index is 6.14. The molecule has 2 aliphatic rings. The first-order valence-corrected chi connectivity index (χ1v) is 8.23. The van der Waals surface area contributed by atoms with E-state index in [1.54, 1.807) is 0 Å². The third-order valence-electron chi connectivity index (χ3n) is 5.38. The van der Waals surface area contributed by atoms with Crippen LogP contribution in [0.15, 0.2) is 30.6 Å². The van der Waals surface area contributed by atoms with Crippen LogP contribution in [0.25, 0.3) is 10.8 Å². The van der Waals surface area contributed by atoms with Crippen molar-refractivity contribution < 1.29 is 0 Å². The number of hydrogen-bond donors (Lipinski definition) is 1. The van der Waals surface area contributed by atoms with Crippen LogP contribution in [0.5, 0.6) is 0 Å². The molecule has 1 aromatic heterocycles. The first kappa shape index (κ1) is 12.9. The highest BCUT2D eigenvalue weighted by Crippen LogP contribution is 2.40. The molecule has 1 saturated heterocycles. The van der Waals surface area contributed by atoms with Gasteiger partial charge in [-0.3, -0.25) is 4.98 Å². The molecular formula is C18H23N3. The molecule has 3 heteroatoms. The summed E-state index contributed by atoms with van der Waals surface area (Å²) in [5, 5.41) is 2.35. The number of benzene rings is 1. The van der Waals surface area contributed by atoms with E-state index in [0.29, 0.717) is 0 Å². The molecular weight excluding hydrogens is 258 g/mol. The van der Waals surface area contributed by atoms with Crippen LogP contribution in [-0.2, 0) is 0 Å². The Bertz CT molecular complexity index is 650. The second-order valence-corrected chi connectivity index (χ2v) is 6.54. The van der Waals surface area contributed by atoms with Crippen LogP contribution in [0.2, 0.25) is 0 Å². The van der Waals surface area contributed by atoms with Crippen LogP contribution >= 0.6 is 0 Å². The number of piperidine rings is 1. The van der Waals surface area contributed by atoms with E-state index in [4.69, 9.17) is 5.73 Å². The number of fused-ring (bicyclic) bond motifs is 2. The summed E-state index contributed by atoms with van der Waals surface area (Å²) in [5.74, 6) is 0.886. The Morgan fingerprint density at radius 1 is 1.00 bits per heavy atom. The summed E-state index contributed by atoms with van der Waals surface area (Å²) in [5.41, 5.74) is 8.33. The molecule has 110 valence electrons. The lowest BCUT2D eigenvalue weighted by Gasteiger charge is -2.45. The molecule has 0 spiro atoms. The van der Waals surface area contributed by atoms with Crippen molar-refractivity contribution in [1.82, 2.24) is 4.98 Å². The Labute approximate surface area is 126 Å². The van der Waals surface area contributed by atoms with Crippen molar-refractivity contribution in [1.29, 1.82) is 0 Å². The van der Waals surface area contributed by atoms with Gasteiger partial charge in [-0.05, 0) is 49.8 Å². The standard InChI is InChI=1S/C18H23N3/c19-16-7-8-18(15-12-20-10-9-14(15)16)21-11-3-5-13-4-1-2-6-17(13)21/h7-10,12-13,17H,1-6,11,19H2. The topological polar surface area (TPSA) is 42.1 Å². The molecule has 2 N–H and O–H groups in total. The van der Waals surface area contributed by atoms with Gasteiger partial charge in [0.2, 0.25) is 0 Å². The maximum absolute atomic E-state index is 6.14. The van der Waals surface area contributed by atoms with Crippen molar-refractivity contribution in [2.75, 3.05) is 17.2 Å². The van der Waals surface area contributed by atoms with E-state index in [0.717, 1.165) is 23.0 Å². The summed E-state index contributed by atoms with van der Waals surface area (Å²) in [6.45, 7) is 1.18. The molecule has 1 aliphatic carbocycles. The fraction of sp³-hybridized carbons (Fsp3) is 0.500. The number of nitrogens with two attached hydrogens (primary N) is 1. The van der Waals surface area contributed by atoms with Gasteiger partial charge in [-0.15, -0.1) is 0 Å². The second-order valence-electron chi connectivity index (χ2n) is 6.54. The predicted octanol–water partition coefficient (Wildman–Crippen LogP) is 3.98. The molecule has 3 nitrogen and oxygen atoms in total. The van der Waals surface area contributed by atoms with Crippen molar-refractivity contribution >= 4 is 22.1 Å². The molecule has 2 heterocycles. The van der Waals surface area contributed by atoms with Gasteiger partial charge >= 0.3 is 0 Å². The van der Waals surface area contributed by atoms with E-state index >= 15 is 0 Å². The number of aromatic nitrogens is 1. The zero-order valence-electron chi connectivity index (χ0n) is 12.5. The van der Waals surface area contributed by atoms with Gasteiger partial charge in [-0.2, -0.15) is 0 Å². The van der Waals surface area contributed by atoms with Gasteiger partial charge in [-0.25, -0.2) is 0 Å². The maximum Gasteiger partial charge on any atom is 0.0465 e. The van der Waals surface area contributed by atoms with Gasteiger partial charge in [0.1, 0.15) is 0 Å². The minimum absolute atomic E-state index is 0.722. The van der Waals surface area contributed by atoms with Crippen molar-refractivity contribution in [3.8, 4) is 0 Å². The zero-order chi connectivity index (χ0) is 14.2. The van der Waals surface area contributed by atoms with Crippen LogP contribution < -0.4 is 10.6 Å². The van der Waals surface area contributed by atoms with Crippen molar-refractivity contribution in [3.63, 3.8) is 0 Å². The van der Waals surface area contributed by atoms with Crippen LogP contribution in [0.3, 0.4) is 0 Å². The normalized spacial score (nSPS) is 25.8. The number of nitrogen functional groups attached to an aromatic ring is 1. The fourth-order valence-corrected chi connectivity index (χ4v) is 4.37. The van der Waals surface area contributed by atoms with Crippen LogP contribution in [0.4, 0.5) is 11.4 Å². The minimum Gasteiger partial charge on any atom is -0.398 e. The molecule has 21 heavy (non-hydrogen) atoms. The van der Waals surface area contributed by atoms with Crippen molar-refractivity contribution in [3.05, 3.63) is 30.6 Å². The number of hydrogen-bond acceptors (Lipinski definition) is 3. The van der Waals surface area contributed by atoms with Gasteiger partial charge in [0, 0.05) is 47.1 Å². The minimum atomic E-state index is 0.722. The molecule has 1 saturated carbocycles. The summed E-state index contributed by atoms with van der Waals surface area (Å²) < 4.78 is 0. The van der Waals surface area contributed by atoms with E-state index in [9.17, 15) is 0 Å². The smallest absolute Gasteiger partial charge is 0.0465 e.